The lowest BCUT2D eigenvalue weighted by Gasteiger charge is -2.10. The number of rotatable bonds is 5. The highest BCUT2D eigenvalue weighted by Crippen LogP contribution is 2.28. The molecule has 3 heterocycles. The molecular weight excluding hydrogens is 427 g/mol. The quantitative estimate of drug-likeness (QED) is 0.637. The van der Waals surface area contributed by atoms with Gasteiger partial charge in [0.2, 0.25) is 0 Å². The monoisotopic (exact) mass is 451 g/mol. The number of carbonyl (C=O) groups excluding carboxylic acids is 1. The normalized spacial score (nSPS) is 16.0. The summed E-state index contributed by atoms with van der Waals surface area (Å²) in [5, 5.41) is 0. The molecule has 11 heteroatoms. The second-order valence-electron chi connectivity index (χ2n) is 7.31. The van der Waals surface area contributed by atoms with Crippen molar-refractivity contribution in [1.82, 2.24) is 19.5 Å². The average Bonchev–Trinajstić information content (AvgIpc) is 3.34. The Morgan fingerprint density at radius 1 is 1.31 bits per heavy atom. The highest BCUT2D eigenvalue weighted by atomic mass is 19.4. The van der Waals surface area contributed by atoms with E-state index in [0.29, 0.717) is 11.4 Å². The molecule has 2 N–H and O–H groups in total. The average molecular weight is 451 g/mol. The van der Waals surface area contributed by atoms with Gasteiger partial charge in [0, 0.05) is 38.4 Å². The number of carbonyl (C=O) groups is 1. The van der Waals surface area contributed by atoms with Crippen molar-refractivity contribution in [3.63, 3.8) is 0 Å². The number of fused-ring (bicyclic) bond motifs is 1. The highest BCUT2D eigenvalue weighted by Gasteiger charge is 2.31. The van der Waals surface area contributed by atoms with E-state index in [1.165, 1.54) is 24.5 Å². The van der Waals surface area contributed by atoms with Crippen LogP contribution in [0.25, 0.3) is 11.0 Å². The molecule has 4 rings (SSSR count). The maximum atomic E-state index is 12.3. The molecule has 0 unspecified atom stereocenters. The fourth-order valence-electron chi connectivity index (χ4n) is 3.39. The third kappa shape index (κ3) is 6.16. The van der Waals surface area contributed by atoms with Crippen molar-refractivity contribution in [3.05, 3.63) is 47.8 Å². The summed E-state index contributed by atoms with van der Waals surface area (Å²) in [6, 6.07) is 4.29. The van der Waals surface area contributed by atoms with Gasteiger partial charge in [0.05, 0.1) is 22.9 Å². The van der Waals surface area contributed by atoms with Crippen LogP contribution in [0.1, 0.15) is 35.4 Å². The van der Waals surface area contributed by atoms with E-state index in [1.807, 2.05) is 11.5 Å². The Bertz CT molecular complexity index is 1060. The second-order valence-corrected chi connectivity index (χ2v) is 7.31. The third-order valence-corrected chi connectivity index (χ3v) is 4.88. The number of nitrogens with two attached hydrogens (primary N) is 1. The highest BCUT2D eigenvalue weighted by molar-refractivity contribution is 5.90. The zero-order valence-electron chi connectivity index (χ0n) is 17.7. The SMILES string of the molecule is CCn1c(C[C@H]2CCOC2)nc2cc(OC(F)(F)F)ccc21.Cc1cnc(C(N)=O)cn1. The summed E-state index contributed by atoms with van der Waals surface area (Å²) in [7, 11) is 0. The topological polar surface area (TPSA) is 105 Å². The molecule has 0 saturated carbocycles. The van der Waals surface area contributed by atoms with Gasteiger partial charge in [0.15, 0.2) is 0 Å². The largest absolute Gasteiger partial charge is 0.573 e. The van der Waals surface area contributed by atoms with Crippen LogP contribution < -0.4 is 10.5 Å². The van der Waals surface area contributed by atoms with Crippen LogP contribution in [0.4, 0.5) is 13.2 Å². The van der Waals surface area contributed by atoms with Crippen LogP contribution in [0.15, 0.2) is 30.6 Å². The predicted octanol–water partition coefficient (Wildman–Crippen LogP) is 3.42. The molecule has 32 heavy (non-hydrogen) atoms. The predicted molar refractivity (Wildman–Crippen MR) is 110 cm³/mol. The minimum atomic E-state index is -4.69. The van der Waals surface area contributed by atoms with Crippen molar-refractivity contribution in [2.75, 3.05) is 13.2 Å². The Labute approximate surface area is 182 Å². The lowest BCUT2D eigenvalue weighted by molar-refractivity contribution is -0.274. The molecule has 1 amide bonds. The van der Waals surface area contributed by atoms with Gasteiger partial charge in [-0.2, -0.15) is 0 Å². The molecule has 172 valence electrons. The molecule has 0 spiro atoms. The van der Waals surface area contributed by atoms with Crippen molar-refractivity contribution in [3.8, 4) is 5.75 Å². The summed E-state index contributed by atoms with van der Waals surface area (Å²) < 4.78 is 48.3. The first-order valence-corrected chi connectivity index (χ1v) is 10.1. The summed E-state index contributed by atoms with van der Waals surface area (Å²) in [5.74, 6) is 0.522. The molecule has 0 bridgehead atoms. The second kappa shape index (κ2) is 9.94. The van der Waals surface area contributed by atoms with Gasteiger partial charge in [-0.05, 0) is 38.3 Å². The smallest absolute Gasteiger partial charge is 0.406 e. The Morgan fingerprint density at radius 3 is 2.66 bits per heavy atom. The number of alkyl halides is 3. The van der Waals surface area contributed by atoms with Crippen molar-refractivity contribution >= 4 is 16.9 Å². The molecule has 3 aromatic rings. The number of aryl methyl sites for hydroxylation is 2. The van der Waals surface area contributed by atoms with Gasteiger partial charge in [-0.25, -0.2) is 9.97 Å². The van der Waals surface area contributed by atoms with Gasteiger partial charge in [-0.1, -0.05) is 0 Å². The lowest BCUT2D eigenvalue weighted by Crippen LogP contribution is -2.17. The molecule has 1 aliphatic heterocycles. The van der Waals surface area contributed by atoms with Gasteiger partial charge in [-0.3, -0.25) is 9.78 Å². The van der Waals surface area contributed by atoms with Crippen LogP contribution >= 0.6 is 0 Å². The van der Waals surface area contributed by atoms with Crippen LogP contribution in [0.5, 0.6) is 5.75 Å². The van der Waals surface area contributed by atoms with Crippen LogP contribution in [0.2, 0.25) is 0 Å². The first kappa shape index (κ1) is 23.5. The van der Waals surface area contributed by atoms with Crippen molar-refractivity contribution < 1.29 is 27.4 Å². The lowest BCUT2D eigenvalue weighted by atomic mass is 10.1. The minimum Gasteiger partial charge on any atom is -0.406 e. The van der Waals surface area contributed by atoms with E-state index in [4.69, 9.17) is 10.5 Å². The third-order valence-electron chi connectivity index (χ3n) is 4.88. The van der Waals surface area contributed by atoms with Gasteiger partial charge in [-0.15, -0.1) is 13.2 Å². The molecule has 1 fully saturated rings. The molecular formula is C21H24F3N5O3. The van der Waals surface area contributed by atoms with Gasteiger partial charge in [0.25, 0.3) is 5.91 Å². The summed E-state index contributed by atoms with van der Waals surface area (Å²) in [4.78, 5) is 22.5. The maximum absolute atomic E-state index is 12.3. The van der Waals surface area contributed by atoms with Crippen molar-refractivity contribution in [1.29, 1.82) is 0 Å². The van der Waals surface area contributed by atoms with Crippen LogP contribution in [0, 0.1) is 12.8 Å². The number of aromatic nitrogens is 4. The number of benzene rings is 1. The van der Waals surface area contributed by atoms with E-state index in [-0.39, 0.29) is 11.4 Å². The van der Waals surface area contributed by atoms with Gasteiger partial charge < -0.3 is 19.8 Å². The molecule has 1 saturated heterocycles. The van der Waals surface area contributed by atoms with E-state index in [0.717, 1.165) is 49.6 Å². The van der Waals surface area contributed by atoms with Gasteiger partial charge in [0.1, 0.15) is 17.3 Å². The molecule has 1 atom stereocenters. The fraction of sp³-hybridized carbons (Fsp3) is 0.429. The Hall–Kier alpha value is -3.21. The summed E-state index contributed by atoms with van der Waals surface area (Å²) >= 11 is 0. The van der Waals surface area contributed by atoms with Crippen molar-refractivity contribution in [2.24, 2.45) is 11.7 Å². The van der Waals surface area contributed by atoms with Crippen molar-refractivity contribution in [2.45, 2.75) is 39.6 Å². The van der Waals surface area contributed by atoms with E-state index in [2.05, 4.69) is 19.7 Å². The number of halogens is 3. The maximum Gasteiger partial charge on any atom is 0.573 e. The molecule has 1 aliphatic rings. The molecule has 1 aromatic carbocycles. The molecule has 2 aromatic heterocycles. The summed E-state index contributed by atoms with van der Waals surface area (Å²) in [6.45, 7) is 5.99. The standard InChI is InChI=1S/C15H17F3N2O2.C6H7N3O/c1-2-20-13-4-3-11(22-15(16,17)18)8-12(13)19-14(20)7-10-5-6-21-9-10;1-4-2-9-5(3-8-4)6(7)10/h3-4,8,10H,2,5-7,9H2,1H3;2-3H,1H3,(H2,7,10)/t10-;/m1./s1. The number of hydrogen-bond acceptors (Lipinski definition) is 6. The number of nitrogens with zero attached hydrogens (tertiary/aromatic N) is 4. The summed E-state index contributed by atoms with van der Waals surface area (Å²) in [6.07, 6.45) is -0.0594. The van der Waals surface area contributed by atoms with E-state index < -0.39 is 12.3 Å². The fourth-order valence-corrected chi connectivity index (χ4v) is 3.39. The van der Waals surface area contributed by atoms with Crippen LogP contribution in [-0.4, -0.2) is 45.0 Å². The number of imidazole rings is 1. The number of amides is 1. The van der Waals surface area contributed by atoms with Crippen LogP contribution in [0.3, 0.4) is 0 Å². The Kier molecular flexibility index (Phi) is 7.29. The Balaban J connectivity index is 0.000000243. The molecule has 8 nitrogen and oxygen atoms in total. The first-order chi connectivity index (χ1) is 15.2. The van der Waals surface area contributed by atoms with Gasteiger partial charge >= 0.3 is 6.36 Å². The van der Waals surface area contributed by atoms with E-state index >= 15 is 0 Å². The van der Waals surface area contributed by atoms with E-state index in [1.54, 1.807) is 13.0 Å². The molecule has 0 aliphatic carbocycles. The first-order valence-electron chi connectivity index (χ1n) is 10.1. The number of ether oxygens (including phenoxy) is 2. The minimum absolute atomic E-state index is 0.200. The zero-order chi connectivity index (χ0) is 23.3. The van der Waals surface area contributed by atoms with E-state index in [9.17, 15) is 18.0 Å². The summed E-state index contributed by atoms with van der Waals surface area (Å²) in [5.41, 5.74) is 7.24. The number of hydrogen-bond donors (Lipinski definition) is 1. The number of primary amides is 1. The Morgan fingerprint density at radius 2 is 2.09 bits per heavy atom. The van der Waals surface area contributed by atoms with Crippen LogP contribution in [-0.2, 0) is 17.7 Å². The zero-order valence-corrected chi connectivity index (χ0v) is 17.7. The molecule has 0 radical (unpaired) electrons.